The molecule has 6 atom stereocenters. The maximum absolute atomic E-state index is 13.4. The maximum Gasteiger partial charge on any atom is 0.326 e. The van der Waals surface area contributed by atoms with Crippen LogP contribution in [0.4, 0.5) is 0 Å². The minimum absolute atomic E-state index is 0.0158. The number of alkyl halides is 2. The third-order valence-corrected chi connectivity index (χ3v) is 8.15. The van der Waals surface area contributed by atoms with Crippen molar-refractivity contribution >= 4 is 52.8 Å². The molecule has 0 heterocycles. The number of carbonyl (C=O) groups excluding carboxylic acids is 4. The number of benzene rings is 1. The number of aliphatic hydroxyl groups excluding tert-OH is 1. The number of aliphatic hydroxyl groups is 1. The van der Waals surface area contributed by atoms with Crippen LogP contribution in [0.25, 0.3) is 0 Å². The Labute approximate surface area is 293 Å². The van der Waals surface area contributed by atoms with Crippen LogP contribution in [0, 0.1) is 11.8 Å². The average Bonchev–Trinajstić information content (AvgIpc) is 3.00. The molecular formula is C33H53Cl2N5O8. The molecule has 0 bridgehead atoms. The van der Waals surface area contributed by atoms with Crippen molar-refractivity contribution in [3.05, 3.63) is 29.8 Å². The average molecular weight is 719 g/mol. The van der Waals surface area contributed by atoms with Gasteiger partial charge in [-0.2, -0.15) is 0 Å². The SMILES string of the molecule is CC(C)C[C@@H](NC(=O)[C@H](NC(=O)[C@H](C)NC(=O)[C@H](O)[C@H](N)CCCCCCC(Cl)Cl)C(C)C)C(=O)N[C@@H](Cc1ccc(O)cc1)C(=O)O. The molecule has 0 unspecified atom stereocenters. The highest BCUT2D eigenvalue weighted by Crippen LogP contribution is 2.15. The normalized spacial score (nSPS) is 15.2. The zero-order valence-corrected chi connectivity index (χ0v) is 29.9. The number of hydrogen-bond donors (Lipinski definition) is 8. The molecule has 9 N–H and O–H groups in total. The number of carboxylic acid groups (broad SMARTS) is 1. The van der Waals surface area contributed by atoms with Crippen LogP contribution >= 0.6 is 23.2 Å². The van der Waals surface area contributed by atoms with Crippen molar-refractivity contribution in [1.82, 2.24) is 21.3 Å². The first-order valence-electron chi connectivity index (χ1n) is 16.4. The maximum atomic E-state index is 13.4. The van der Waals surface area contributed by atoms with Crippen molar-refractivity contribution in [2.45, 2.75) is 127 Å². The van der Waals surface area contributed by atoms with Crippen molar-refractivity contribution in [3.63, 3.8) is 0 Å². The first-order valence-corrected chi connectivity index (χ1v) is 17.2. The topological polar surface area (TPSA) is 220 Å². The Balaban J connectivity index is 2.82. The number of hydrogen-bond acceptors (Lipinski definition) is 8. The van der Waals surface area contributed by atoms with E-state index in [2.05, 4.69) is 21.3 Å². The van der Waals surface area contributed by atoms with E-state index < -0.39 is 76.7 Å². The van der Waals surface area contributed by atoms with Crippen molar-refractivity contribution in [3.8, 4) is 5.75 Å². The number of nitrogens with one attached hydrogen (secondary N) is 4. The fourth-order valence-electron chi connectivity index (χ4n) is 4.87. The lowest BCUT2D eigenvalue weighted by molar-refractivity contribution is -0.142. The molecule has 0 fully saturated rings. The van der Waals surface area contributed by atoms with Gasteiger partial charge in [0.2, 0.25) is 17.7 Å². The van der Waals surface area contributed by atoms with Crippen molar-refractivity contribution < 1.29 is 39.3 Å². The van der Waals surface area contributed by atoms with Crippen LogP contribution in [-0.2, 0) is 30.4 Å². The first kappa shape index (κ1) is 42.9. The predicted molar refractivity (Wildman–Crippen MR) is 184 cm³/mol. The van der Waals surface area contributed by atoms with Gasteiger partial charge in [0.05, 0.1) is 0 Å². The van der Waals surface area contributed by atoms with E-state index in [1.807, 2.05) is 13.8 Å². The Kier molecular flexibility index (Phi) is 19.4. The van der Waals surface area contributed by atoms with E-state index in [-0.39, 0.29) is 24.5 Å². The summed E-state index contributed by atoms with van der Waals surface area (Å²) in [6, 6.07) is 0.427. The second kappa shape index (κ2) is 21.8. The number of unbranched alkanes of at least 4 members (excludes halogenated alkanes) is 3. The van der Waals surface area contributed by atoms with Crippen molar-refractivity contribution in [1.29, 1.82) is 0 Å². The molecule has 4 amide bonds. The molecule has 13 nitrogen and oxygen atoms in total. The number of phenolic OH excluding ortho intramolecular Hbond substituents is 1. The fourth-order valence-corrected chi connectivity index (χ4v) is 5.18. The van der Waals surface area contributed by atoms with Crippen LogP contribution in [0.1, 0.15) is 85.1 Å². The van der Waals surface area contributed by atoms with Crippen LogP contribution < -0.4 is 27.0 Å². The van der Waals surface area contributed by atoms with Gasteiger partial charge in [-0.1, -0.05) is 65.5 Å². The Morgan fingerprint density at radius 3 is 1.83 bits per heavy atom. The Hall–Kier alpha value is -3.13. The third kappa shape index (κ3) is 16.3. The Morgan fingerprint density at radius 1 is 0.750 bits per heavy atom. The van der Waals surface area contributed by atoms with Gasteiger partial charge in [-0.15, -0.1) is 23.2 Å². The van der Waals surface area contributed by atoms with E-state index in [1.165, 1.54) is 19.1 Å². The summed E-state index contributed by atoms with van der Waals surface area (Å²) in [6.45, 7) is 8.45. The Morgan fingerprint density at radius 2 is 1.31 bits per heavy atom. The molecular weight excluding hydrogens is 665 g/mol. The number of phenols is 1. The van der Waals surface area contributed by atoms with Gasteiger partial charge < -0.3 is 42.3 Å². The predicted octanol–water partition coefficient (Wildman–Crippen LogP) is 2.51. The summed E-state index contributed by atoms with van der Waals surface area (Å²) in [5.74, 6) is -4.64. The number of nitrogens with two attached hydrogens (primary N) is 1. The van der Waals surface area contributed by atoms with E-state index in [0.717, 1.165) is 19.3 Å². The van der Waals surface area contributed by atoms with Gasteiger partial charge in [0.1, 0.15) is 40.9 Å². The number of aromatic hydroxyl groups is 1. The fraction of sp³-hybridized carbons (Fsp3) is 0.667. The van der Waals surface area contributed by atoms with Crippen LogP contribution in [0.5, 0.6) is 5.75 Å². The molecule has 1 rings (SSSR count). The standard InChI is InChI=1S/C33H53Cl2N5O8/c1-18(2)16-24(30(44)39-25(33(47)48)17-21-12-14-22(41)15-13-21)38-31(45)27(19(3)4)40-29(43)20(5)37-32(46)28(42)23(36)10-8-6-7-9-11-26(34)35/h12-15,18-20,23-28,41-42H,6-11,16-17,36H2,1-5H3,(H,37,46)(H,38,45)(H,39,44)(H,40,43)(H,47,48)/t20-,23+,24+,25-,27+,28+/m0/s1. The summed E-state index contributed by atoms with van der Waals surface area (Å²) < 4.78 is 0. The van der Waals surface area contributed by atoms with Crippen LogP contribution in [-0.4, -0.2) is 86.1 Å². The number of carboxylic acids is 1. The lowest BCUT2D eigenvalue weighted by Gasteiger charge is -2.28. The molecule has 48 heavy (non-hydrogen) atoms. The van der Waals surface area contributed by atoms with E-state index in [1.54, 1.807) is 26.0 Å². The van der Waals surface area contributed by atoms with E-state index in [4.69, 9.17) is 28.9 Å². The van der Waals surface area contributed by atoms with E-state index in [9.17, 15) is 39.3 Å². The molecule has 0 aliphatic carbocycles. The molecule has 1 aromatic carbocycles. The number of halogens is 2. The van der Waals surface area contributed by atoms with Gasteiger partial charge >= 0.3 is 5.97 Å². The van der Waals surface area contributed by atoms with Crippen LogP contribution in [0.2, 0.25) is 0 Å². The molecule has 0 saturated heterocycles. The highest BCUT2D eigenvalue weighted by atomic mass is 35.5. The summed E-state index contributed by atoms with van der Waals surface area (Å²) in [6.07, 6.45) is 2.94. The quantitative estimate of drug-likeness (QED) is 0.0651. The molecule has 0 saturated carbocycles. The zero-order chi connectivity index (χ0) is 36.6. The molecule has 1 aromatic rings. The molecule has 0 aliphatic rings. The van der Waals surface area contributed by atoms with E-state index >= 15 is 0 Å². The van der Waals surface area contributed by atoms with Gasteiger partial charge in [0.25, 0.3) is 5.91 Å². The van der Waals surface area contributed by atoms with E-state index in [0.29, 0.717) is 24.8 Å². The number of carbonyl (C=O) groups is 5. The highest BCUT2D eigenvalue weighted by Gasteiger charge is 2.33. The lowest BCUT2D eigenvalue weighted by atomic mass is 9.99. The van der Waals surface area contributed by atoms with Crippen molar-refractivity contribution in [2.75, 3.05) is 0 Å². The second-order valence-corrected chi connectivity index (χ2v) is 14.2. The van der Waals surface area contributed by atoms with Gasteiger partial charge in [-0.3, -0.25) is 19.2 Å². The summed E-state index contributed by atoms with van der Waals surface area (Å²) in [7, 11) is 0. The van der Waals surface area contributed by atoms with Gasteiger partial charge in [0, 0.05) is 12.5 Å². The Bertz CT molecular complexity index is 1190. The first-order chi connectivity index (χ1) is 22.4. The largest absolute Gasteiger partial charge is 0.508 e. The lowest BCUT2D eigenvalue weighted by Crippen LogP contribution is -2.59. The van der Waals surface area contributed by atoms with Gasteiger partial charge in [0.15, 0.2) is 0 Å². The summed E-state index contributed by atoms with van der Waals surface area (Å²) in [5, 5.41) is 39.8. The molecule has 15 heteroatoms. The molecule has 0 spiro atoms. The smallest absolute Gasteiger partial charge is 0.326 e. The number of rotatable bonds is 22. The van der Waals surface area contributed by atoms with Crippen LogP contribution in [0.15, 0.2) is 24.3 Å². The monoisotopic (exact) mass is 717 g/mol. The zero-order valence-electron chi connectivity index (χ0n) is 28.4. The van der Waals surface area contributed by atoms with Gasteiger partial charge in [-0.05, 0) is 55.7 Å². The molecule has 0 aliphatic heterocycles. The molecule has 0 radical (unpaired) electrons. The van der Waals surface area contributed by atoms with Gasteiger partial charge in [-0.25, -0.2) is 4.79 Å². The number of aliphatic carboxylic acids is 1. The van der Waals surface area contributed by atoms with Crippen LogP contribution in [0.3, 0.4) is 0 Å². The summed E-state index contributed by atoms with van der Waals surface area (Å²) in [5.41, 5.74) is 6.58. The molecule has 272 valence electrons. The summed E-state index contributed by atoms with van der Waals surface area (Å²) in [4.78, 5) is 63.9. The third-order valence-electron chi connectivity index (χ3n) is 7.71. The number of amides is 4. The van der Waals surface area contributed by atoms with Crippen molar-refractivity contribution in [2.24, 2.45) is 17.6 Å². The highest BCUT2D eigenvalue weighted by molar-refractivity contribution is 6.44. The minimum Gasteiger partial charge on any atom is -0.508 e. The second-order valence-electron chi connectivity index (χ2n) is 12.9. The molecule has 0 aromatic heterocycles. The summed E-state index contributed by atoms with van der Waals surface area (Å²) >= 11 is 11.4. The minimum atomic E-state index is -1.54.